The second kappa shape index (κ2) is 12.0. The summed E-state index contributed by atoms with van der Waals surface area (Å²) in [7, 11) is 0. The first-order valence-electron chi connectivity index (χ1n) is 17.6. The molecule has 252 valence electrons. The SMILES string of the molecule is CC(C)(C)c1ccc(O)c(-c2nc3c(-c4cccc(-c5cc(C(C)(C)C)cc6cccnc56)c4)cc(C(C)(C)C)cc3n2-c2ccccc2)c1. The third-order valence-electron chi connectivity index (χ3n) is 9.80. The number of aromatic hydroxyl groups is 1. The first-order chi connectivity index (χ1) is 23.6. The van der Waals surface area contributed by atoms with Crippen LogP contribution in [-0.2, 0) is 16.2 Å². The Labute approximate surface area is 296 Å². The molecule has 4 nitrogen and oxygen atoms in total. The van der Waals surface area contributed by atoms with E-state index in [1.165, 1.54) is 11.1 Å². The first kappa shape index (κ1) is 33.3. The molecule has 4 heteroatoms. The molecule has 7 aromatic rings. The highest BCUT2D eigenvalue weighted by molar-refractivity contribution is 5.99. The molecule has 0 aliphatic heterocycles. The van der Waals surface area contributed by atoms with Gasteiger partial charge in [-0.3, -0.25) is 9.55 Å². The van der Waals surface area contributed by atoms with Crippen molar-refractivity contribution in [2.75, 3.05) is 0 Å². The Bertz CT molecular complexity index is 2380. The predicted octanol–water partition coefficient (Wildman–Crippen LogP) is 12.2. The third kappa shape index (κ3) is 6.08. The molecule has 0 aliphatic rings. The molecule has 0 atom stereocenters. The predicted molar refractivity (Wildman–Crippen MR) is 210 cm³/mol. The van der Waals surface area contributed by atoms with E-state index in [4.69, 9.17) is 9.97 Å². The Hall–Kier alpha value is -5.22. The zero-order valence-corrected chi connectivity index (χ0v) is 30.8. The van der Waals surface area contributed by atoms with Gasteiger partial charge in [0.25, 0.3) is 0 Å². The molecule has 0 saturated carbocycles. The van der Waals surface area contributed by atoms with E-state index in [1.54, 1.807) is 6.07 Å². The van der Waals surface area contributed by atoms with E-state index in [0.29, 0.717) is 11.4 Å². The van der Waals surface area contributed by atoms with E-state index in [9.17, 15) is 5.11 Å². The van der Waals surface area contributed by atoms with Crippen LogP contribution in [0.2, 0.25) is 0 Å². The quantitative estimate of drug-likeness (QED) is 0.205. The summed E-state index contributed by atoms with van der Waals surface area (Å²) in [5.74, 6) is 0.925. The zero-order valence-electron chi connectivity index (χ0n) is 30.8. The molecule has 0 amide bonds. The number of hydrogen-bond acceptors (Lipinski definition) is 3. The number of para-hydroxylation sites is 1. The van der Waals surface area contributed by atoms with Gasteiger partial charge in [-0.15, -0.1) is 0 Å². The molecule has 2 aromatic heterocycles. The van der Waals surface area contributed by atoms with Crippen molar-refractivity contribution in [2.45, 2.75) is 78.6 Å². The summed E-state index contributed by atoms with van der Waals surface area (Å²) < 4.78 is 2.21. The van der Waals surface area contributed by atoms with E-state index >= 15 is 0 Å². The van der Waals surface area contributed by atoms with Crippen LogP contribution >= 0.6 is 0 Å². The molecule has 5 aromatic carbocycles. The van der Waals surface area contributed by atoms with Crippen LogP contribution < -0.4 is 0 Å². The summed E-state index contributed by atoms with van der Waals surface area (Å²) in [4.78, 5) is 10.3. The highest BCUT2D eigenvalue weighted by atomic mass is 16.3. The Morgan fingerprint density at radius 2 is 1.12 bits per heavy atom. The van der Waals surface area contributed by atoms with E-state index in [0.717, 1.165) is 55.4 Å². The van der Waals surface area contributed by atoms with Crippen molar-refractivity contribution >= 4 is 21.9 Å². The summed E-state index contributed by atoms with van der Waals surface area (Å²) in [6, 6.07) is 38.4. The van der Waals surface area contributed by atoms with Gasteiger partial charge in [0, 0.05) is 28.4 Å². The largest absolute Gasteiger partial charge is 0.507 e. The van der Waals surface area contributed by atoms with Gasteiger partial charge in [0.05, 0.1) is 22.1 Å². The van der Waals surface area contributed by atoms with Crippen LogP contribution in [0.3, 0.4) is 0 Å². The fraction of sp³-hybridized carbons (Fsp3) is 0.261. The fourth-order valence-electron chi connectivity index (χ4n) is 6.73. The lowest BCUT2D eigenvalue weighted by atomic mass is 9.83. The molecular weight excluding hydrogens is 611 g/mol. The maximum Gasteiger partial charge on any atom is 0.149 e. The van der Waals surface area contributed by atoms with E-state index in [1.807, 2.05) is 24.4 Å². The highest BCUT2D eigenvalue weighted by Gasteiger charge is 2.26. The van der Waals surface area contributed by atoms with Crippen LogP contribution in [0.4, 0.5) is 0 Å². The number of benzene rings is 5. The van der Waals surface area contributed by atoms with Crippen molar-refractivity contribution in [1.82, 2.24) is 14.5 Å². The normalized spacial score (nSPS) is 12.6. The number of phenolic OH excluding ortho intramolecular Hbond substituents is 1. The molecule has 2 heterocycles. The molecule has 1 N–H and O–H groups in total. The number of imidazole rings is 1. The Kier molecular flexibility index (Phi) is 7.98. The summed E-state index contributed by atoms with van der Waals surface area (Å²) >= 11 is 0. The Morgan fingerprint density at radius 1 is 0.520 bits per heavy atom. The average molecular weight is 658 g/mol. The molecule has 0 aliphatic carbocycles. The van der Waals surface area contributed by atoms with Gasteiger partial charge in [0.15, 0.2) is 0 Å². The summed E-state index contributed by atoms with van der Waals surface area (Å²) in [5.41, 5.74) is 12.4. The van der Waals surface area contributed by atoms with Crippen LogP contribution in [0.25, 0.3) is 61.3 Å². The van der Waals surface area contributed by atoms with Crippen molar-refractivity contribution < 1.29 is 5.11 Å². The van der Waals surface area contributed by atoms with Crippen LogP contribution in [-0.4, -0.2) is 19.6 Å². The number of fused-ring (bicyclic) bond motifs is 2. The molecule has 7 rings (SSSR count). The highest BCUT2D eigenvalue weighted by Crippen LogP contribution is 2.42. The van der Waals surface area contributed by atoms with E-state index < -0.39 is 0 Å². The topological polar surface area (TPSA) is 50.9 Å². The summed E-state index contributed by atoms with van der Waals surface area (Å²) in [6.07, 6.45) is 1.88. The molecule has 0 unspecified atom stereocenters. The van der Waals surface area contributed by atoms with Crippen LogP contribution in [0.5, 0.6) is 5.75 Å². The van der Waals surface area contributed by atoms with Crippen molar-refractivity contribution in [1.29, 1.82) is 0 Å². The van der Waals surface area contributed by atoms with Gasteiger partial charge in [-0.1, -0.05) is 111 Å². The third-order valence-corrected chi connectivity index (χ3v) is 9.80. The maximum absolute atomic E-state index is 11.4. The Balaban J connectivity index is 1.54. The number of rotatable bonds is 4. The van der Waals surface area contributed by atoms with Gasteiger partial charge in [-0.25, -0.2) is 4.98 Å². The standard InChI is InChI=1S/C46H47N3O/c1-44(2,3)32-20-21-40(50)38(25-32)43-48-42-37(27-34(46(7,8)9)28-39(42)49(43)35-18-11-10-12-19-35)30-16-13-15-29(23-30)36-26-33(45(4,5)6)24-31-17-14-22-47-41(31)36/h10-28,50H,1-9H3. The second-order valence-corrected chi connectivity index (χ2v) is 16.7. The van der Waals surface area contributed by atoms with Crippen molar-refractivity contribution in [2.24, 2.45) is 0 Å². The molecule has 0 bridgehead atoms. The zero-order chi connectivity index (χ0) is 35.6. The van der Waals surface area contributed by atoms with Gasteiger partial charge in [-0.05, 0) is 105 Å². The number of nitrogens with zero attached hydrogens (tertiary/aromatic N) is 3. The summed E-state index contributed by atoms with van der Waals surface area (Å²) in [6.45, 7) is 20.1. The smallest absolute Gasteiger partial charge is 0.149 e. The molecule has 0 spiro atoms. The van der Waals surface area contributed by atoms with Crippen molar-refractivity contribution in [3.63, 3.8) is 0 Å². The average Bonchev–Trinajstić information content (AvgIpc) is 3.46. The number of pyridine rings is 1. The van der Waals surface area contributed by atoms with Gasteiger partial charge < -0.3 is 5.11 Å². The van der Waals surface area contributed by atoms with Gasteiger partial charge >= 0.3 is 0 Å². The molecule has 50 heavy (non-hydrogen) atoms. The Morgan fingerprint density at radius 3 is 1.76 bits per heavy atom. The lowest BCUT2D eigenvalue weighted by Gasteiger charge is -2.22. The minimum atomic E-state index is -0.123. The number of phenols is 1. The number of hydrogen-bond donors (Lipinski definition) is 1. The van der Waals surface area contributed by atoms with Crippen LogP contribution in [0, 0.1) is 0 Å². The van der Waals surface area contributed by atoms with Crippen LogP contribution in [0.1, 0.15) is 79.0 Å². The minimum Gasteiger partial charge on any atom is -0.507 e. The number of aromatic nitrogens is 3. The van der Waals surface area contributed by atoms with Crippen molar-refractivity contribution in [3.8, 4) is 45.1 Å². The van der Waals surface area contributed by atoms with E-state index in [2.05, 4.69) is 152 Å². The monoisotopic (exact) mass is 657 g/mol. The minimum absolute atomic E-state index is 0.0138. The molecule has 0 saturated heterocycles. The maximum atomic E-state index is 11.4. The molecule has 0 fully saturated rings. The van der Waals surface area contributed by atoms with Crippen molar-refractivity contribution in [3.05, 3.63) is 132 Å². The van der Waals surface area contributed by atoms with Gasteiger partial charge in [-0.2, -0.15) is 0 Å². The summed E-state index contributed by atoms with van der Waals surface area (Å²) in [5, 5.41) is 12.5. The molecule has 0 radical (unpaired) electrons. The fourth-order valence-corrected chi connectivity index (χ4v) is 6.73. The van der Waals surface area contributed by atoms with Gasteiger partial charge in [0.1, 0.15) is 11.6 Å². The lowest BCUT2D eigenvalue weighted by molar-refractivity contribution is 0.475. The lowest BCUT2D eigenvalue weighted by Crippen LogP contribution is -2.12. The first-order valence-corrected chi connectivity index (χ1v) is 17.6. The van der Waals surface area contributed by atoms with Crippen LogP contribution in [0.15, 0.2) is 115 Å². The van der Waals surface area contributed by atoms with E-state index in [-0.39, 0.29) is 22.0 Å². The second-order valence-electron chi connectivity index (χ2n) is 16.7. The van der Waals surface area contributed by atoms with Gasteiger partial charge in [0.2, 0.25) is 0 Å². The molecular formula is C46H47N3O.